The number of anilines is 1. The molecule has 14 nitrogen and oxygen atoms in total. The van der Waals surface area contributed by atoms with E-state index in [4.69, 9.17) is 33.7 Å². The van der Waals surface area contributed by atoms with Crippen LogP contribution in [-0.2, 0) is 38.4 Å². The first-order valence-corrected chi connectivity index (χ1v) is 17.0. The lowest BCUT2D eigenvalue weighted by atomic mass is 9.92. The number of rotatable bonds is 12. The monoisotopic (exact) mass is 654 g/mol. The fourth-order valence-corrected chi connectivity index (χ4v) is 7.90. The molecule has 2 saturated heterocycles. The molecule has 2 unspecified atom stereocenters. The number of esters is 1. The Morgan fingerprint density at radius 1 is 1.20 bits per heavy atom. The van der Waals surface area contributed by atoms with Crippen LogP contribution in [0.5, 0.6) is 5.75 Å². The number of benzene rings is 1. The van der Waals surface area contributed by atoms with Crippen molar-refractivity contribution < 1.29 is 37.4 Å². The van der Waals surface area contributed by atoms with Crippen LogP contribution in [0.15, 0.2) is 48.8 Å². The molecule has 1 spiro atoms. The van der Waals surface area contributed by atoms with Crippen molar-refractivity contribution in [1.82, 2.24) is 19.7 Å². The Morgan fingerprint density at radius 3 is 2.61 bits per heavy atom. The maximum Gasteiger partial charge on any atom is 0.459 e. The molecule has 1 aliphatic carbocycles. The highest BCUT2D eigenvalue weighted by Gasteiger charge is 2.80. The molecule has 7 atom stereocenters. The van der Waals surface area contributed by atoms with Crippen molar-refractivity contribution in [3.8, 4) is 11.8 Å². The Balaban J connectivity index is 1.30. The number of fused-ring (bicyclic) bond motifs is 3. The van der Waals surface area contributed by atoms with Gasteiger partial charge in [0.25, 0.3) is 0 Å². The normalized spacial score (nSPS) is 29.7. The van der Waals surface area contributed by atoms with E-state index in [0.717, 1.165) is 12.8 Å². The lowest BCUT2D eigenvalue weighted by Crippen LogP contribution is -2.40. The number of para-hydroxylation sites is 1. The van der Waals surface area contributed by atoms with Gasteiger partial charge in [0.2, 0.25) is 5.60 Å². The van der Waals surface area contributed by atoms with E-state index in [2.05, 4.69) is 21.2 Å². The predicted octanol–water partition coefficient (Wildman–Crippen LogP) is 4.25. The standard InChI is InChI=1S/C31H39N6O8P/c1-6-20(7-2)16-40-28(38)19(3)36-46(39,43-21-11-9-8-10-12-21)44-24-15-30(24)25-26(42-29(4,5)41-25)31(17-32,45-30)23-14-13-22-27(33)34-18-35-37(22)23/h8-14,18-20,24-26H,6-7,15-16H2,1-5H3,(H,36,39)(H2,33,34,35)/t19-,24?,25-,26+,30?,31-,46+/m0/s1. The number of nitrogen functional groups attached to an aromatic ring is 1. The molecule has 3 N–H and O–H groups in total. The van der Waals surface area contributed by atoms with E-state index in [1.165, 1.54) is 17.8 Å². The highest BCUT2D eigenvalue weighted by molar-refractivity contribution is 7.52. The van der Waals surface area contributed by atoms with E-state index < -0.39 is 55.1 Å². The molecular weight excluding hydrogens is 615 g/mol. The number of ether oxygens (including phenoxy) is 4. The van der Waals surface area contributed by atoms with Crippen LogP contribution in [0.1, 0.15) is 59.6 Å². The van der Waals surface area contributed by atoms with Gasteiger partial charge in [0.1, 0.15) is 53.6 Å². The molecule has 0 amide bonds. The number of nitrogens with zero attached hydrogens (tertiary/aromatic N) is 4. The zero-order valence-electron chi connectivity index (χ0n) is 26.4. The molecular formula is C31H39N6O8P. The van der Waals surface area contributed by atoms with Crippen LogP contribution in [-0.4, -0.2) is 62.9 Å². The van der Waals surface area contributed by atoms with E-state index in [1.54, 1.807) is 56.3 Å². The topological polar surface area (TPSA) is 182 Å². The summed E-state index contributed by atoms with van der Waals surface area (Å²) in [5, 5.41) is 17.8. The van der Waals surface area contributed by atoms with Crippen molar-refractivity contribution in [2.75, 3.05) is 12.3 Å². The quantitative estimate of drug-likeness (QED) is 0.209. The molecule has 1 aromatic carbocycles. The van der Waals surface area contributed by atoms with Crippen LogP contribution in [0.4, 0.5) is 5.82 Å². The van der Waals surface area contributed by atoms with Gasteiger partial charge in [-0.1, -0.05) is 44.9 Å². The van der Waals surface area contributed by atoms with Gasteiger partial charge in [-0.05, 0) is 51.0 Å². The van der Waals surface area contributed by atoms with Crippen molar-refractivity contribution in [3.63, 3.8) is 0 Å². The van der Waals surface area contributed by atoms with Crippen molar-refractivity contribution >= 4 is 25.1 Å². The van der Waals surface area contributed by atoms with Crippen LogP contribution < -0.4 is 15.3 Å². The van der Waals surface area contributed by atoms with Crippen LogP contribution in [0.25, 0.3) is 5.52 Å². The number of carbonyl (C=O) groups is 1. The summed E-state index contributed by atoms with van der Waals surface area (Å²) in [4.78, 5) is 17.0. The third-order valence-electron chi connectivity index (χ3n) is 8.80. The number of nitrogens with one attached hydrogen (secondary N) is 1. The second kappa shape index (κ2) is 11.9. The fraction of sp³-hybridized carbons (Fsp3) is 0.548. The van der Waals surface area contributed by atoms with Crippen LogP contribution >= 0.6 is 7.75 Å². The number of nitriles is 1. The molecule has 2 aromatic heterocycles. The summed E-state index contributed by atoms with van der Waals surface area (Å²) in [6.45, 7) is 9.34. The van der Waals surface area contributed by atoms with E-state index >= 15 is 0 Å². The van der Waals surface area contributed by atoms with Gasteiger partial charge in [-0.3, -0.25) is 9.32 Å². The molecule has 6 rings (SSSR count). The van der Waals surface area contributed by atoms with Crippen LogP contribution in [0.3, 0.4) is 0 Å². The Kier molecular flexibility index (Phi) is 8.38. The summed E-state index contributed by atoms with van der Waals surface area (Å²) in [5.41, 5.74) is 3.99. The summed E-state index contributed by atoms with van der Waals surface area (Å²) in [5.74, 6) is -0.946. The molecule has 0 bridgehead atoms. The van der Waals surface area contributed by atoms with Crippen molar-refractivity contribution in [2.24, 2.45) is 5.92 Å². The number of carbonyl (C=O) groups excluding carboxylic acids is 1. The first kappa shape index (κ1) is 32.4. The third-order valence-corrected chi connectivity index (χ3v) is 10.5. The van der Waals surface area contributed by atoms with Crippen molar-refractivity contribution in [3.05, 3.63) is 54.5 Å². The van der Waals surface area contributed by atoms with Gasteiger partial charge in [0.15, 0.2) is 11.6 Å². The zero-order valence-corrected chi connectivity index (χ0v) is 27.3. The highest BCUT2D eigenvalue weighted by atomic mass is 31.2. The number of hydrogen-bond acceptors (Lipinski definition) is 12. The molecule has 3 fully saturated rings. The maximum absolute atomic E-state index is 14.4. The van der Waals surface area contributed by atoms with Crippen LogP contribution in [0.2, 0.25) is 0 Å². The first-order valence-electron chi connectivity index (χ1n) is 15.4. The number of hydrogen-bond donors (Lipinski definition) is 2. The smallest absolute Gasteiger partial charge is 0.459 e. The predicted molar refractivity (Wildman–Crippen MR) is 164 cm³/mol. The third kappa shape index (κ3) is 5.65. The van der Waals surface area contributed by atoms with Gasteiger partial charge in [0, 0.05) is 6.42 Å². The summed E-state index contributed by atoms with van der Waals surface area (Å²) in [6.07, 6.45) is 0.659. The molecule has 4 heterocycles. The second-order valence-corrected chi connectivity index (χ2v) is 14.1. The Morgan fingerprint density at radius 2 is 1.91 bits per heavy atom. The molecule has 0 radical (unpaired) electrons. The highest BCUT2D eigenvalue weighted by Crippen LogP contribution is 2.66. The Labute approximate surface area is 267 Å². The maximum atomic E-state index is 14.4. The molecule has 3 aliphatic rings. The van der Waals surface area contributed by atoms with Gasteiger partial charge in [-0.25, -0.2) is 14.1 Å². The first-order chi connectivity index (χ1) is 21.9. The summed E-state index contributed by atoms with van der Waals surface area (Å²) >= 11 is 0. The lowest BCUT2D eigenvalue weighted by molar-refractivity contribution is -0.210. The largest absolute Gasteiger partial charge is 0.464 e. The Hall–Kier alpha value is -3.57. The average molecular weight is 655 g/mol. The van der Waals surface area contributed by atoms with Gasteiger partial charge in [-0.15, -0.1) is 0 Å². The van der Waals surface area contributed by atoms with Crippen LogP contribution in [0, 0.1) is 17.2 Å². The summed E-state index contributed by atoms with van der Waals surface area (Å²) in [6, 6.07) is 13.2. The SMILES string of the molecule is CCC(CC)COC(=O)[C@H](C)N[P@@](=O)(Oc1ccccc1)OC1CC12O[C@@](C#N)(c1ccc3c(N)ncnn13)[C@@H]1OC(C)(C)O[C@@H]12. The number of aromatic nitrogens is 3. The van der Waals surface area contributed by atoms with Gasteiger partial charge < -0.3 is 29.2 Å². The molecule has 2 aliphatic heterocycles. The molecule has 1 saturated carbocycles. The van der Waals surface area contributed by atoms with Gasteiger partial charge >= 0.3 is 13.7 Å². The molecule has 3 aromatic rings. The fourth-order valence-electron chi connectivity index (χ4n) is 6.18. The second-order valence-electron chi connectivity index (χ2n) is 12.4. The molecule has 15 heteroatoms. The van der Waals surface area contributed by atoms with Gasteiger partial charge in [0.05, 0.1) is 12.3 Å². The van der Waals surface area contributed by atoms with Crippen molar-refractivity contribution in [2.45, 2.75) is 95.2 Å². The van der Waals surface area contributed by atoms with E-state index in [1.807, 2.05) is 13.8 Å². The Bertz CT molecular complexity index is 1690. The van der Waals surface area contributed by atoms with Crippen molar-refractivity contribution in [1.29, 1.82) is 5.26 Å². The van der Waals surface area contributed by atoms with Gasteiger partial charge in [-0.2, -0.15) is 15.4 Å². The minimum absolute atomic E-state index is 0.203. The lowest BCUT2D eigenvalue weighted by Gasteiger charge is -2.29. The number of nitrogens with two attached hydrogens (primary N) is 1. The minimum Gasteiger partial charge on any atom is -0.464 e. The van der Waals surface area contributed by atoms with E-state index in [-0.39, 0.29) is 30.5 Å². The average Bonchev–Trinajstić information content (AvgIpc) is 3.27. The summed E-state index contributed by atoms with van der Waals surface area (Å²) < 4.78 is 52.8. The molecule has 46 heavy (non-hydrogen) atoms. The van der Waals surface area contributed by atoms with E-state index in [9.17, 15) is 14.6 Å². The van der Waals surface area contributed by atoms with E-state index in [0.29, 0.717) is 11.2 Å². The minimum atomic E-state index is -4.26. The summed E-state index contributed by atoms with van der Waals surface area (Å²) in [7, 11) is -4.26. The molecule has 246 valence electrons. The zero-order chi connectivity index (χ0) is 32.9.